The number of fused-ring (bicyclic) bond motifs is 2. The molecular weight excluding hydrogens is 330 g/mol. The summed E-state index contributed by atoms with van der Waals surface area (Å²) in [5.41, 5.74) is 4.37. The largest absolute Gasteiger partial charge is 0.456 e. The van der Waals surface area contributed by atoms with E-state index in [0.29, 0.717) is 0 Å². The first kappa shape index (κ1) is 15.7. The highest BCUT2D eigenvalue weighted by Crippen LogP contribution is 2.32. The van der Waals surface area contributed by atoms with Crippen LogP contribution in [0.4, 0.5) is 11.4 Å². The second-order valence-corrected chi connectivity index (χ2v) is 6.79. The van der Waals surface area contributed by atoms with E-state index < -0.39 is 0 Å². The van der Waals surface area contributed by atoms with Gasteiger partial charge in [0, 0.05) is 29.4 Å². The Morgan fingerprint density at radius 2 is 1.33 bits per heavy atom. The highest BCUT2D eigenvalue weighted by atomic mass is 16.3. The average Bonchev–Trinajstić information content (AvgIpc) is 3.17. The molecule has 0 aliphatic rings. The second-order valence-electron chi connectivity index (χ2n) is 6.79. The summed E-state index contributed by atoms with van der Waals surface area (Å²) in [7, 11) is 2.10. The van der Waals surface area contributed by atoms with Crippen molar-refractivity contribution >= 4 is 33.1 Å². The van der Waals surface area contributed by atoms with E-state index in [1.165, 1.54) is 22.1 Å². The van der Waals surface area contributed by atoms with Gasteiger partial charge < -0.3 is 9.32 Å². The Morgan fingerprint density at radius 3 is 2.19 bits per heavy atom. The zero-order valence-corrected chi connectivity index (χ0v) is 15.1. The van der Waals surface area contributed by atoms with E-state index in [1.807, 2.05) is 24.3 Å². The molecule has 0 spiro atoms. The number of anilines is 2. The van der Waals surface area contributed by atoms with E-state index in [2.05, 4.69) is 84.7 Å². The summed E-state index contributed by atoms with van der Waals surface area (Å²) in [6.45, 7) is 0. The molecule has 0 unspecified atom stereocenters. The standard InChI is InChI=1S/C25H19NO/c1-26(22-8-3-2-4-9-22)23-14-13-18-15-21(12-11-19(18)16-23)25-17-20-7-5-6-10-24(20)27-25/h2-17H,1H3. The van der Waals surface area contributed by atoms with Gasteiger partial charge in [0.25, 0.3) is 0 Å². The molecule has 2 nitrogen and oxygen atoms in total. The lowest BCUT2D eigenvalue weighted by Gasteiger charge is -2.20. The van der Waals surface area contributed by atoms with Crippen molar-refractivity contribution in [1.29, 1.82) is 0 Å². The molecule has 1 heterocycles. The van der Waals surface area contributed by atoms with Gasteiger partial charge in [0.05, 0.1) is 0 Å². The lowest BCUT2D eigenvalue weighted by Crippen LogP contribution is -2.08. The van der Waals surface area contributed by atoms with E-state index in [9.17, 15) is 0 Å². The van der Waals surface area contributed by atoms with E-state index in [1.54, 1.807) is 0 Å². The Balaban J connectivity index is 1.53. The molecule has 0 N–H and O–H groups in total. The SMILES string of the molecule is CN(c1ccccc1)c1ccc2cc(-c3cc4ccccc4o3)ccc2c1. The fraction of sp³-hybridized carbons (Fsp3) is 0.0400. The molecule has 0 aliphatic heterocycles. The molecule has 1 aromatic heterocycles. The lowest BCUT2D eigenvalue weighted by molar-refractivity contribution is 0.631. The van der Waals surface area contributed by atoms with Crippen molar-refractivity contribution in [3.8, 4) is 11.3 Å². The molecule has 0 radical (unpaired) electrons. The molecule has 5 rings (SSSR count). The maximum absolute atomic E-state index is 6.01. The normalized spacial score (nSPS) is 11.1. The number of rotatable bonds is 3. The van der Waals surface area contributed by atoms with Crippen molar-refractivity contribution in [2.24, 2.45) is 0 Å². The van der Waals surface area contributed by atoms with Crippen LogP contribution in [0.15, 0.2) is 101 Å². The molecule has 5 aromatic rings. The van der Waals surface area contributed by atoms with Gasteiger partial charge in [0.15, 0.2) is 0 Å². The highest BCUT2D eigenvalue weighted by Gasteiger charge is 2.08. The van der Waals surface area contributed by atoms with Gasteiger partial charge in [0.1, 0.15) is 11.3 Å². The molecule has 4 aromatic carbocycles. The van der Waals surface area contributed by atoms with Crippen molar-refractivity contribution in [1.82, 2.24) is 0 Å². The quantitative estimate of drug-likeness (QED) is 0.348. The third-order valence-corrected chi connectivity index (χ3v) is 5.06. The second kappa shape index (κ2) is 6.33. The minimum absolute atomic E-state index is 0.906. The Labute approximate surface area is 158 Å². The Hall–Kier alpha value is -3.52. The monoisotopic (exact) mass is 349 g/mol. The third-order valence-electron chi connectivity index (χ3n) is 5.06. The van der Waals surface area contributed by atoms with Gasteiger partial charge in [-0.25, -0.2) is 0 Å². The summed E-state index contributed by atoms with van der Waals surface area (Å²) in [6, 6.07) is 33.7. The van der Waals surface area contributed by atoms with Crippen LogP contribution in [0.3, 0.4) is 0 Å². The maximum Gasteiger partial charge on any atom is 0.135 e. The van der Waals surface area contributed by atoms with Crippen molar-refractivity contribution in [3.05, 3.63) is 97.1 Å². The number of hydrogen-bond donors (Lipinski definition) is 0. The Morgan fingerprint density at radius 1 is 0.593 bits per heavy atom. The average molecular weight is 349 g/mol. The van der Waals surface area contributed by atoms with Crippen molar-refractivity contribution in [2.75, 3.05) is 11.9 Å². The van der Waals surface area contributed by atoms with Crippen LogP contribution in [0, 0.1) is 0 Å². The minimum atomic E-state index is 0.906. The van der Waals surface area contributed by atoms with E-state index in [-0.39, 0.29) is 0 Å². The van der Waals surface area contributed by atoms with Crippen LogP contribution >= 0.6 is 0 Å². The van der Waals surface area contributed by atoms with Crippen LogP contribution in [0.2, 0.25) is 0 Å². The number of hydrogen-bond acceptors (Lipinski definition) is 2. The van der Waals surface area contributed by atoms with Crippen molar-refractivity contribution in [2.45, 2.75) is 0 Å². The van der Waals surface area contributed by atoms with E-state index in [0.717, 1.165) is 22.3 Å². The molecular formula is C25H19NO. The van der Waals surface area contributed by atoms with Gasteiger partial charge in [-0.15, -0.1) is 0 Å². The molecule has 0 aliphatic carbocycles. The summed E-state index contributed by atoms with van der Waals surface area (Å²) in [5.74, 6) is 0.906. The molecule has 0 saturated carbocycles. The van der Waals surface area contributed by atoms with Gasteiger partial charge >= 0.3 is 0 Å². The Kier molecular flexibility index (Phi) is 3.68. The number of furan rings is 1. The first-order chi connectivity index (χ1) is 13.3. The molecule has 0 amide bonds. The number of para-hydroxylation sites is 2. The van der Waals surface area contributed by atoms with Crippen molar-refractivity contribution < 1.29 is 4.42 Å². The fourth-order valence-corrected chi connectivity index (χ4v) is 3.52. The molecule has 0 bridgehead atoms. The van der Waals surface area contributed by atoms with Crippen LogP contribution in [0.1, 0.15) is 0 Å². The summed E-state index contributed by atoms with van der Waals surface area (Å²) in [6.07, 6.45) is 0. The zero-order chi connectivity index (χ0) is 18.2. The topological polar surface area (TPSA) is 16.4 Å². The molecule has 130 valence electrons. The molecule has 0 saturated heterocycles. The number of benzene rings is 4. The van der Waals surface area contributed by atoms with Gasteiger partial charge in [-0.1, -0.05) is 54.6 Å². The van der Waals surface area contributed by atoms with Crippen LogP contribution < -0.4 is 4.90 Å². The third kappa shape index (κ3) is 2.85. The van der Waals surface area contributed by atoms with Crippen molar-refractivity contribution in [3.63, 3.8) is 0 Å². The Bertz CT molecular complexity index is 1200. The summed E-state index contributed by atoms with van der Waals surface area (Å²) in [4.78, 5) is 2.20. The first-order valence-electron chi connectivity index (χ1n) is 9.09. The summed E-state index contributed by atoms with van der Waals surface area (Å²) >= 11 is 0. The van der Waals surface area contributed by atoms with Crippen LogP contribution in [0.25, 0.3) is 33.1 Å². The van der Waals surface area contributed by atoms with Crippen LogP contribution in [-0.4, -0.2) is 7.05 Å². The molecule has 0 fully saturated rings. The summed E-state index contributed by atoms with van der Waals surface area (Å²) in [5, 5.41) is 3.56. The van der Waals surface area contributed by atoms with Gasteiger partial charge in [-0.2, -0.15) is 0 Å². The minimum Gasteiger partial charge on any atom is -0.456 e. The molecule has 27 heavy (non-hydrogen) atoms. The van der Waals surface area contributed by atoms with E-state index in [4.69, 9.17) is 4.42 Å². The van der Waals surface area contributed by atoms with Gasteiger partial charge in [-0.3, -0.25) is 0 Å². The smallest absolute Gasteiger partial charge is 0.135 e. The molecule has 2 heteroatoms. The maximum atomic E-state index is 6.01. The highest BCUT2D eigenvalue weighted by molar-refractivity contribution is 5.91. The molecule has 0 atom stereocenters. The summed E-state index contributed by atoms with van der Waals surface area (Å²) < 4.78 is 6.01. The van der Waals surface area contributed by atoms with Crippen LogP contribution in [0.5, 0.6) is 0 Å². The van der Waals surface area contributed by atoms with E-state index >= 15 is 0 Å². The fourth-order valence-electron chi connectivity index (χ4n) is 3.52. The first-order valence-corrected chi connectivity index (χ1v) is 9.09. The van der Waals surface area contributed by atoms with Gasteiger partial charge in [-0.05, 0) is 53.2 Å². The number of nitrogens with zero attached hydrogens (tertiary/aromatic N) is 1. The van der Waals surface area contributed by atoms with Crippen LogP contribution in [-0.2, 0) is 0 Å². The predicted molar refractivity (Wildman–Crippen MR) is 114 cm³/mol. The zero-order valence-electron chi connectivity index (χ0n) is 15.1. The lowest BCUT2D eigenvalue weighted by atomic mass is 10.0. The predicted octanol–water partition coefficient (Wildman–Crippen LogP) is 7.02. The van der Waals surface area contributed by atoms with Gasteiger partial charge in [0.2, 0.25) is 0 Å².